The van der Waals surface area contributed by atoms with Gasteiger partial charge < -0.3 is 9.84 Å². The monoisotopic (exact) mass is 172 g/mol. The molecule has 0 amide bonds. The quantitative estimate of drug-likeness (QED) is 0.688. The molecule has 1 saturated carbocycles. The second-order valence-corrected chi connectivity index (χ2v) is 4.15. The summed E-state index contributed by atoms with van der Waals surface area (Å²) < 4.78 is 5.38. The molecule has 0 saturated heterocycles. The van der Waals surface area contributed by atoms with Gasteiger partial charge in [0, 0.05) is 7.11 Å². The largest absolute Gasteiger partial charge is 0.393 e. The van der Waals surface area contributed by atoms with Crippen LogP contribution in [0.1, 0.15) is 33.1 Å². The molecule has 2 nitrogen and oxygen atoms in total. The molecule has 72 valence electrons. The molecule has 1 N–H and O–H groups in total. The van der Waals surface area contributed by atoms with Crippen LogP contribution < -0.4 is 0 Å². The van der Waals surface area contributed by atoms with Gasteiger partial charge in [0.05, 0.1) is 12.2 Å². The number of aliphatic hydroxyl groups excluding tert-OH is 1. The molecule has 0 aromatic heterocycles. The molecule has 0 aromatic carbocycles. The Labute approximate surface area is 74.9 Å². The lowest BCUT2D eigenvalue weighted by Gasteiger charge is -2.35. The molecule has 0 spiro atoms. The highest BCUT2D eigenvalue weighted by atomic mass is 16.5. The maximum Gasteiger partial charge on any atom is 0.0626 e. The van der Waals surface area contributed by atoms with E-state index in [1.54, 1.807) is 7.11 Å². The van der Waals surface area contributed by atoms with Gasteiger partial charge >= 0.3 is 0 Å². The fraction of sp³-hybridized carbons (Fsp3) is 1.00. The van der Waals surface area contributed by atoms with E-state index >= 15 is 0 Å². The number of methoxy groups -OCH3 is 1. The summed E-state index contributed by atoms with van der Waals surface area (Å²) in [4.78, 5) is 0. The van der Waals surface area contributed by atoms with E-state index in [-0.39, 0.29) is 12.2 Å². The second kappa shape index (κ2) is 4.24. The minimum Gasteiger partial charge on any atom is -0.393 e. The highest BCUT2D eigenvalue weighted by molar-refractivity contribution is 4.82. The van der Waals surface area contributed by atoms with Gasteiger partial charge in [0.1, 0.15) is 0 Å². The molecule has 1 rings (SSSR count). The first-order chi connectivity index (χ1) is 5.65. The molecule has 3 unspecified atom stereocenters. The maximum absolute atomic E-state index is 9.43. The molecule has 1 aliphatic rings. The third-order valence-electron chi connectivity index (χ3n) is 2.97. The Bertz CT molecular complexity index is 134. The molecule has 1 aliphatic carbocycles. The Morgan fingerprint density at radius 2 is 2.00 bits per heavy atom. The molecule has 0 heterocycles. The van der Waals surface area contributed by atoms with Crippen molar-refractivity contribution in [2.75, 3.05) is 7.11 Å². The minimum atomic E-state index is -0.134. The van der Waals surface area contributed by atoms with Crippen molar-refractivity contribution in [1.82, 2.24) is 0 Å². The van der Waals surface area contributed by atoms with Crippen molar-refractivity contribution in [2.45, 2.75) is 45.3 Å². The summed E-state index contributed by atoms with van der Waals surface area (Å²) in [6.07, 6.45) is 3.01. The summed E-state index contributed by atoms with van der Waals surface area (Å²) in [6.45, 7) is 4.46. The first kappa shape index (κ1) is 10.0. The summed E-state index contributed by atoms with van der Waals surface area (Å²) in [5.74, 6) is 1.31. The first-order valence-electron chi connectivity index (χ1n) is 4.86. The van der Waals surface area contributed by atoms with E-state index in [0.717, 1.165) is 19.3 Å². The standard InChI is InChI=1S/C10H20O2/c1-7(2)9-5-4-8(11)6-10(9)12-3/h7-11H,4-6H2,1-3H3. The van der Waals surface area contributed by atoms with Crippen LogP contribution in [0.2, 0.25) is 0 Å². The number of ether oxygens (including phenoxy) is 1. The Kier molecular flexibility index (Phi) is 3.53. The lowest BCUT2D eigenvalue weighted by atomic mass is 9.78. The number of aliphatic hydroxyl groups is 1. The Morgan fingerprint density at radius 1 is 1.33 bits per heavy atom. The number of hydrogen-bond donors (Lipinski definition) is 1. The lowest BCUT2D eigenvalue weighted by Crippen LogP contribution is -2.36. The van der Waals surface area contributed by atoms with E-state index in [2.05, 4.69) is 13.8 Å². The van der Waals surface area contributed by atoms with Gasteiger partial charge in [-0.25, -0.2) is 0 Å². The third-order valence-corrected chi connectivity index (χ3v) is 2.97. The zero-order chi connectivity index (χ0) is 9.14. The van der Waals surface area contributed by atoms with Crippen LogP contribution in [0.3, 0.4) is 0 Å². The average molecular weight is 172 g/mol. The molecule has 0 bridgehead atoms. The van der Waals surface area contributed by atoms with E-state index in [9.17, 15) is 5.11 Å². The lowest BCUT2D eigenvalue weighted by molar-refractivity contribution is -0.0398. The van der Waals surface area contributed by atoms with Gasteiger partial charge in [0.25, 0.3) is 0 Å². The van der Waals surface area contributed by atoms with Crippen LogP contribution >= 0.6 is 0 Å². The van der Waals surface area contributed by atoms with Crippen LogP contribution in [0.15, 0.2) is 0 Å². The van der Waals surface area contributed by atoms with Crippen molar-refractivity contribution >= 4 is 0 Å². The molecule has 0 aromatic rings. The van der Waals surface area contributed by atoms with Crippen LogP contribution in [0.25, 0.3) is 0 Å². The van der Waals surface area contributed by atoms with Gasteiger partial charge in [-0.05, 0) is 31.1 Å². The van der Waals surface area contributed by atoms with Gasteiger partial charge in [-0.2, -0.15) is 0 Å². The zero-order valence-electron chi connectivity index (χ0n) is 8.29. The molecule has 2 heteroatoms. The smallest absolute Gasteiger partial charge is 0.0626 e. The molecule has 0 radical (unpaired) electrons. The number of hydrogen-bond acceptors (Lipinski definition) is 2. The highest BCUT2D eigenvalue weighted by Gasteiger charge is 2.31. The van der Waals surface area contributed by atoms with E-state index in [1.165, 1.54) is 0 Å². The van der Waals surface area contributed by atoms with Crippen molar-refractivity contribution in [3.8, 4) is 0 Å². The predicted molar refractivity (Wildman–Crippen MR) is 49.0 cm³/mol. The normalized spacial score (nSPS) is 37.2. The summed E-state index contributed by atoms with van der Waals surface area (Å²) in [7, 11) is 1.75. The number of rotatable bonds is 2. The van der Waals surface area contributed by atoms with Crippen LogP contribution in [0.5, 0.6) is 0 Å². The molecule has 0 aliphatic heterocycles. The molecular weight excluding hydrogens is 152 g/mol. The summed E-state index contributed by atoms with van der Waals surface area (Å²) in [6, 6.07) is 0. The van der Waals surface area contributed by atoms with Crippen molar-refractivity contribution in [2.24, 2.45) is 11.8 Å². The van der Waals surface area contributed by atoms with Crippen molar-refractivity contribution < 1.29 is 9.84 Å². The zero-order valence-corrected chi connectivity index (χ0v) is 8.29. The van der Waals surface area contributed by atoms with E-state index in [4.69, 9.17) is 4.74 Å². The van der Waals surface area contributed by atoms with Gasteiger partial charge in [0.2, 0.25) is 0 Å². The summed E-state index contributed by atoms with van der Waals surface area (Å²) >= 11 is 0. The van der Waals surface area contributed by atoms with Crippen LogP contribution in [-0.2, 0) is 4.74 Å². The Morgan fingerprint density at radius 3 is 2.50 bits per heavy atom. The topological polar surface area (TPSA) is 29.5 Å². The van der Waals surface area contributed by atoms with Crippen molar-refractivity contribution in [1.29, 1.82) is 0 Å². The average Bonchev–Trinajstić information content (AvgIpc) is 2.03. The van der Waals surface area contributed by atoms with E-state index in [1.807, 2.05) is 0 Å². The van der Waals surface area contributed by atoms with Crippen molar-refractivity contribution in [3.63, 3.8) is 0 Å². The van der Waals surface area contributed by atoms with E-state index < -0.39 is 0 Å². The Hall–Kier alpha value is -0.0800. The van der Waals surface area contributed by atoms with Crippen LogP contribution in [0, 0.1) is 11.8 Å². The highest BCUT2D eigenvalue weighted by Crippen LogP contribution is 2.31. The van der Waals surface area contributed by atoms with Crippen LogP contribution in [0.4, 0.5) is 0 Å². The molecule has 1 fully saturated rings. The molecule has 12 heavy (non-hydrogen) atoms. The van der Waals surface area contributed by atoms with Crippen molar-refractivity contribution in [3.05, 3.63) is 0 Å². The van der Waals surface area contributed by atoms with Gasteiger partial charge in [-0.1, -0.05) is 13.8 Å². The Balaban J connectivity index is 2.50. The molecular formula is C10H20O2. The second-order valence-electron chi connectivity index (χ2n) is 4.15. The van der Waals surface area contributed by atoms with E-state index in [0.29, 0.717) is 11.8 Å². The van der Waals surface area contributed by atoms with Crippen LogP contribution in [-0.4, -0.2) is 24.4 Å². The fourth-order valence-corrected chi connectivity index (χ4v) is 2.17. The SMILES string of the molecule is COC1CC(O)CCC1C(C)C. The maximum atomic E-state index is 9.43. The summed E-state index contributed by atoms with van der Waals surface area (Å²) in [5.41, 5.74) is 0. The predicted octanol–water partition coefficient (Wildman–Crippen LogP) is 1.82. The van der Waals surface area contributed by atoms with Gasteiger partial charge in [-0.15, -0.1) is 0 Å². The van der Waals surface area contributed by atoms with Gasteiger partial charge in [-0.3, -0.25) is 0 Å². The first-order valence-corrected chi connectivity index (χ1v) is 4.86. The third kappa shape index (κ3) is 2.20. The molecule has 3 atom stereocenters. The summed E-state index contributed by atoms with van der Waals surface area (Å²) in [5, 5.41) is 9.43. The minimum absolute atomic E-state index is 0.134. The fourth-order valence-electron chi connectivity index (χ4n) is 2.17. The van der Waals surface area contributed by atoms with Gasteiger partial charge in [0.15, 0.2) is 0 Å².